The van der Waals surface area contributed by atoms with E-state index in [-0.39, 0.29) is 10.9 Å². The molecule has 0 aliphatic heterocycles. The summed E-state index contributed by atoms with van der Waals surface area (Å²) in [6, 6.07) is 0. The third-order valence-electron chi connectivity index (χ3n) is 2.98. The number of sulfone groups is 1. The van der Waals surface area contributed by atoms with Crippen LogP contribution in [0, 0.1) is 13.8 Å². The molecular weight excluding hydrogens is 264 g/mol. The van der Waals surface area contributed by atoms with Crippen molar-refractivity contribution >= 4 is 9.84 Å². The van der Waals surface area contributed by atoms with Crippen LogP contribution in [-0.4, -0.2) is 34.4 Å². The Morgan fingerprint density at radius 3 is 2.37 bits per heavy atom. The van der Waals surface area contributed by atoms with Crippen LogP contribution in [0.2, 0.25) is 0 Å². The lowest BCUT2D eigenvalue weighted by Crippen LogP contribution is -2.31. The van der Waals surface area contributed by atoms with Gasteiger partial charge in [-0.1, -0.05) is 13.3 Å². The predicted molar refractivity (Wildman–Crippen MR) is 75.0 cm³/mol. The molecule has 1 aromatic heterocycles. The lowest BCUT2D eigenvalue weighted by Gasteiger charge is -2.17. The van der Waals surface area contributed by atoms with Crippen molar-refractivity contribution < 1.29 is 13.5 Å². The van der Waals surface area contributed by atoms with Crippen LogP contribution in [-0.2, 0) is 16.4 Å². The van der Waals surface area contributed by atoms with Gasteiger partial charge in [0.15, 0.2) is 0 Å². The summed E-state index contributed by atoms with van der Waals surface area (Å²) in [7, 11) is -3.58. The molecule has 110 valence electrons. The van der Waals surface area contributed by atoms with Gasteiger partial charge in [0.25, 0.3) is 0 Å². The van der Waals surface area contributed by atoms with Gasteiger partial charge in [-0.3, -0.25) is 0 Å². The second kappa shape index (κ2) is 5.63. The minimum atomic E-state index is -3.58. The summed E-state index contributed by atoms with van der Waals surface area (Å²) < 4.78 is 26.5. The van der Waals surface area contributed by atoms with Gasteiger partial charge in [-0.15, -0.1) is 0 Å². The minimum absolute atomic E-state index is 0.0816. The first kappa shape index (κ1) is 16.2. The molecule has 1 rings (SSSR count). The maximum atomic E-state index is 12.4. The van der Waals surface area contributed by atoms with Crippen LogP contribution in [0.15, 0.2) is 5.16 Å². The number of nitrogens with zero attached hydrogens (tertiary/aromatic N) is 2. The van der Waals surface area contributed by atoms with E-state index in [1.54, 1.807) is 11.5 Å². The summed E-state index contributed by atoms with van der Waals surface area (Å²) in [5, 5.41) is 9.82. The van der Waals surface area contributed by atoms with Gasteiger partial charge in [-0.05, 0) is 34.1 Å². The number of rotatable bonds is 6. The summed E-state index contributed by atoms with van der Waals surface area (Å²) in [4.78, 5) is 4.18. The van der Waals surface area contributed by atoms with Gasteiger partial charge < -0.3 is 9.67 Å². The molecular formula is C13H24N2O3S. The first-order valence-corrected chi connectivity index (χ1v) is 8.22. The Morgan fingerprint density at radius 2 is 1.89 bits per heavy atom. The van der Waals surface area contributed by atoms with Crippen LogP contribution < -0.4 is 0 Å². The van der Waals surface area contributed by atoms with E-state index in [2.05, 4.69) is 11.9 Å². The molecule has 5 nitrogen and oxygen atoms in total. The number of unbranched alkanes of at least 4 members (excludes halogenated alkanes) is 1. The maximum absolute atomic E-state index is 12.4. The minimum Gasteiger partial charge on any atom is -0.389 e. The van der Waals surface area contributed by atoms with E-state index >= 15 is 0 Å². The summed E-state index contributed by atoms with van der Waals surface area (Å²) in [6.07, 6.45) is 1.89. The molecule has 1 heterocycles. The molecule has 0 bridgehead atoms. The smallest absolute Gasteiger partial charge is 0.228 e. The molecule has 0 radical (unpaired) electrons. The van der Waals surface area contributed by atoms with Crippen molar-refractivity contribution in [1.29, 1.82) is 0 Å². The predicted octanol–water partition coefficient (Wildman–Crippen LogP) is 1.84. The van der Waals surface area contributed by atoms with Crippen molar-refractivity contribution in [3.8, 4) is 0 Å². The van der Waals surface area contributed by atoms with E-state index in [1.807, 2.05) is 6.92 Å². The first-order chi connectivity index (χ1) is 8.58. The molecule has 0 aliphatic rings. The molecule has 0 saturated heterocycles. The standard InChI is InChI=1S/C13H24N2O3S/c1-6-7-8-15-11(3)10(2)14-12(15)19(17,18)9-13(4,5)16/h16H,6-9H2,1-5H3. The molecule has 1 aromatic rings. The van der Waals surface area contributed by atoms with E-state index in [9.17, 15) is 13.5 Å². The van der Waals surface area contributed by atoms with Crippen molar-refractivity contribution in [2.24, 2.45) is 0 Å². The second-order valence-electron chi connectivity index (χ2n) is 5.64. The Kier molecular flexibility index (Phi) is 4.79. The zero-order valence-corrected chi connectivity index (χ0v) is 13.2. The average Bonchev–Trinajstić information content (AvgIpc) is 2.50. The Hall–Kier alpha value is -0.880. The Bertz CT molecular complexity index is 539. The number of imidazole rings is 1. The van der Waals surface area contributed by atoms with Gasteiger partial charge in [0.1, 0.15) is 0 Å². The van der Waals surface area contributed by atoms with Crippen molar-refractivity contribution in [2.75, 3.05) is 5.75 Å². The Morgan fingerprint density at radius 1 is 1.32 bits per heavy atom. The quantitative estimate of drug-likeness (QED) is 0.867. The number of aryl methyl sites for hydroxylation is 1. The van der Waals surface area contributed by atoms with E-state index in [4.69, 9.17) is 0 Å². The van der Waals surface area contributed by atoms with Crippen molar-refractivity contribution in [2.45, 2.75) is 64.8 Å². The monoisotopic (exact) mass is 288 g/mol. The summed E-state index contributed by atoms with van der Waals surface area (Å²) in [5.74, 6) is -0.317. The molecule has 0 saturated carbocycles. The van der Waals surface area contributed by atoms with Crippen LogP contribution in [0.4, 0.5) is 0 Å². The fourth-order valence-electron chi connectivity index (χ4n) is 1.97. The molecule has 0 unspecified atom stereocenters. The van der Waals surface area contributed by atoms with Crippen molar-refractivity contribution in [1.82, 2.24) is 9.55 Å². The summed E-state index contributed by atoms with van der Waals surface area (Å²) in [5.41, 5.74) is 0.343. The number of aromatic nitrogens is 2. The van der Waals surface area contributed by atoms with Crippen molar-refractivity contribution in [3.63, 3.8) is 0 Å². The Balaban J connectivity index is 3.22. The van der Waals surface area contributed by atoms with Gasteiger partial charge in [-0.2, -0.15) is 0 Å². The second-order valence-corrected chi connectivity index (χ2v) is 7.53. The average molecular weight is 288 g/mol. The normalized spacial score (nSPS) is 12.9. The summed E-state index contributed by atoms with van der Waals surface area (Å²) in [6.45, 7) is 9.36. The number of aliphatic hydroxyl groups is 1. The maximum Gasteiger partial charge on any atom is 0.228 e. The van der Waals surface area contributed by atoms with Gasteiger partial charge in [0.05, 0.1) is 17.0 Å². The highest BCUT2D eigenvalue weighted by Crippen LogP contribution is 2.20. The lowest BCUT2D eigenvalue weighted by atomic mass is 10.2. The molecule has 0 aliphatic carbocycles. The molecule has 0 atom stereocenters. The molecule has 0 spiro atoms. The molecule has 19 heavy (non-hydrogen) atoms. The summed E-state index contributed by atoms with van der Waals surface area (Å²) >= 11 is 0. The van der Waals surface area contributed by atoms with Gasteiger partial charge in [-0.25, -0.2) is 13.4 Å². The first-order valence-electron chi connectivity index (χ1n) is 6.57. The van der Waals surface area contributed by atoms with E-state index in [1.165, 1.54) is 13.8 Å². The van der Waals surface area contributed by atoms with Gasteiger partial charge in [0, 0.05) is 12.2 Å². The largest absolute Gasteiger partial charge is 0.389 e. The number of hydrogen-bond donors (Lipinski definition) is 1. The molecule has 6 heteroatoms. The van der Waals surface area contributed by atoms with Crippen molar-refractivity contribution in [3.05, 3.63) is 11.4 Å². The highest BCUT2D eigenvalue weighted by molar-refractivity contribution is 7.91. The Labute approximate surface area is 115 Å². The SMILES string of the molecule is CCCCn1c(S(=O)(=O)CC(C)(C)O)nc(C)c1C. The molecule has 0 aromatic carbocycles. The number of hydrogen-bond acceptors (Lipinski definition) is 4. The van der Waals surface area contributed by atoms with E-state index < -0.39 is 15.4 Å². The van der Waals surface area contributed by atoms with Crippen LogP contribution in [0.1, 0.15) is 45.0 Å². The van der Waals surface area contributed by atoms with E-state index in [0.717, 1.165) is 24.2 Å². The van der Waals surface area contributed by atoms with Gasteiger partial charge >= 0.3 is 0 Å². The van der Waals surface area contributed by atoms with Crippen LogP contribution in [0.25, 0.3) is 0 Å². The van der Waals surface area contributed by atoms with Crippen LogP contribution >= 0.6 is 0 Å². The fraction of sp³-hybridized carbons (Fsp3) is 0.769. The fourth-order valence-corrected chi connectivity index (χ4v) is 3.87. The highest BCUT2D eigenvalue weighted by atomic mass is 32.2. The topological polar surface area (TPSA) is 72.2 Å². The van der Waals surface area contributed by atoms with Gasteiger partial charge in [0.2, 0.25) is 15.0 Å². The van der Waals surface area contributed by atoms with E-state index in [0.29, 0.717) is 6.54 Å². The third kappa shape index (κ3) is 4.04. The zero-order chi connectivity index (χ0) is 14.8. The lowest BCUT2D eigenvalue weighted by molar-refractivity contribution is 0.105. The highest BCUT2D eigenvalue weighted by Gasteiger charge is 2.30. The molecule has 0 amide bonds. The van der Waals surface area contributed by atoms with Crippen LogP contribution in [0.5, 0.6) is 0 Å². The molecule has 1 N–H and O–H groups in total. The molecule has 0 fully saturated rings. The zero-order valence-electron chi connectivity index (χ0n) is 12.4. The third-order valence-corrected chi connectivity index (χ3v) is 4.93. The van der Waals surface area contributed by atoms with Crippen LogP contribution in [0.3, 0.4) is 0 Å².